The molecule has 0 heterocycles. The van der Waals surface area contributed by atoms with E-state index in [2.05, 4.69) is 11.7 Å². The van der Waals surface area contributed by atoms with Crippen molar-refractivity contribution in [1.29, 1.82) is 0 Å². The van der Waals surface area contributed by atoms with E-state index in [0.29, 0.717) is 0 Å². The number of hydrogen-bond acceptors (Lipinski definition) is 2. The fourth-order valence-electron chi connectivity index (χ4n) is 1.29. The molecular formula is C12H24O3. The molecule has 0 spiro atoms. The van der Waals surface area contributed by atoms with Crippen molar-refractivity contribution in [2.75, 3.05) is 7.11 Å². The first-order valence-corrected chi connectivity index (χ1v) is 5.55. The minimum absolute atomic E-state index is 0. The zero-order valence-electron chi connectivity index (χ0n) is 9.92. The maximum atomic E-state index is 10.7. The van der Waals surface area contributed by atoms with E-state index in [1.54, 1.807) is 0 Å². The predicted octanol–water partition coefficient (Wildman–Crippen LogP) is 2.64. The zero-order chi connectivity index (χ0) is 10.6. The lowest BCUT2D eigenvalue weighted by atomic mass is 10.1. The average Bonchev–Trinajstić information content (AvgIpc) is 2.21. The minimum Gasteiger partial charge on any atom is -0.466 e. The Bertz CT molecular complexity index is 164. The van der Waals surface area contributed by atoms with Crippen LogP contribution in [-0.4, -0.2) is 18.6 Å². The summed E-state index contributed by atoms with van der Waals surface area (Å²) >= 11 is 0. The Labute approximate surface area is 92.8 Å². The van der Waals surface area contributed by atoms with Crippen LogP contribution in [0.2, 0.25) is 0 Å². The van der Waals surface area contributed by atoms with E-state index in [4.69, 9.17) is 0 Å². The fraction of sp³-hybridized carbons (Fsp3) is 0.750. The SMILES string of the molecule is CCCCCCCCC=CC(=O)OC.O. The number of ether oxygens (including phenoxy) is 1. The highest BCUT2D eigenvalue weighted by atomic mass is 16.5. The molecule has 0 saturated heterocycles. The van der Waals surface area contributed by atoms with Gasteiger partial charge in [-0.1, -0.05) is 45.1 Å². The highest BCUT2D eigenvalue weighted by Gasteiger charge is 1.90. The number of esters is 1. The third-order valence-corrected chi connectivity index (χ3v) is 2.18. The van der Waals surface area contributed by atoms with E-state index >= 15 is 0 Å². The largest absolute Gasteiger partial charge is 0.466 e. The van der Waals surface area contributed by atoms with Crippen LogP contribution in [0.25, 0.3) is 0 Å². The van der Waals surface area contributed by atoms with Gasteiger partial charge in [0.05, 0.1) is 7.11 Å². The summed E-state index contributed by atoms with van der Waals surface area (Å²) in [5, 5.41) is 0. The topological polar surface area (TPSA) is 57.8 Å². The molecule has 0 aromatic heterocycles. The Kier molecular flexibility index (Phi) is 14.6. The lowest BCUT2D eigenvalue weighted by Crippen LogP contribution is -1.93. The number of allylic oxidation sites excluding steroid dienone is 1. The maximum absolute atomic E-state index is 10.7. The Morgan fingerprint density at radius 1 is 1.13 bits per heavy atom. The predicted molar refractivity (Wildman–Crippen MR) is 62.8 cm³/mol. The van der Waals surface area contributed by atoms with Crippen LogP contribution in [0.3, 0.4) is 0 Å². The van der Waals surface area contributed by atoms with Crippen LogP contribution in [0.4, 0.5) is 0 Å². The van der Waals surface area contributed by atoms with Gasteiger partial charge in [-0.15, -0.1) is 0 Å². The third-order valence-electron chi connectivity index (χ3n) is 2.18. The Morgan fingerprint density at radius 2 is 1.73 bits per heavy atom. The van der Waals surface area contributed by atoms with Gasteiger partial charge in [-0.3, -0.25) is 0 Å². The monoisotopic (exact) mass is 216 g/mol. The molecule has 0 aliphatic heterocycles. The molecular weight excluding hydrogens is 192 g/mol. The summed E-state index contributed by atoms with van der Waals surface area (Å²) in [5.74, 6) is -0.254. The van der Waals surface area contributed by atoms with Gasteiger partial charge in [-0.25, -0.2) is 4.79 Å². The molecule has 90 valence electrons. The molecule has 0 amide bonds. The summed E-state index contributed by atoms with van der Waals surface area (Å²) in [5.41, 5.74) is 0. The zero-order valence-corrected chi connectivity index (χ0v) is 9.92. The highest BCUT2D eigenvalue weighted by molar-refractivity contribution is 5.81. The Hall–Kier alpha value is -0.830. The van der Waals surface area contributed by atoms with Gasteiger partial charge >= 0.3 is 5.97 Å². The molecule has 0 fully saturated rings. The second-order valence-corrected chi connectivity index (χ2v) is 3.48. The van der Waals surface area contributed by atoms with E-state index in [-0.39, 0.29) is 11.4 Å². The summed E-state index contributed by atoms with van der Waals surface area (Å²) in [6.45, 7) is 2.22. The number of carbonyl (C=O) groups is 1. The summed E-state index contributed by atoms with van der Waals surface area (Å²) < 4.78 is 4.48. The maximum Gasteiger partial charge on any atom is 0.330 e. The van der Waals surface area contributed by atoms with Crippen molar-refractivity contribution in [3.63, 3.8) is 0 Å². The molecule has 0 aliphatic carbocycles. The van der Waals surface area contributed by atoms with Crippen molar-refractivity contribution < 1.29 is 15.0 Å². The van der Waals surface area contributed by atoms with Crippen molar-refractivity contribution in [3.8, 4) is 0 Å². The normalized spacial score (nSPS) is 10.0. The second kappa shape index (κ2) is 13.2. The van der Waals surface area contributed by atoms with Gasteiger partial charge < -0.3 is 10.2 Å². The van der Waals surface area contributed by atoms with E-state index in [9.17, 15) is 4.79 Å². The van der Waals surface area contributed by atoms with E-state index in [1.807, 2.05) is 6.08 Å². The molecule has 0 atom stereocenters. The summed E-state index contributed by atoms with van der Waals surface area (Å²) in [6.07, 6.45) is 12.1. The number of unbranched alkanes of at least 4 members (excludes halogenated alkanes) is 6. The van der Waals surface area contributed by atoms with Crippen molar-refractivity contribution >= 4 is 5.97 Å². The molecule has 3 nitrogen and oxygen atoms in total. The molecule has 0 radical (unpaired) electrons. The van der Waals surface area contributed by atoms with E-state index in [1.165, 1.54) is 51.7 Å². The first-order chi connectivity index (χ1) is 6.81. The average molecular weight is 216 g/mol. The quantitative estimate of drug-likeness (QED) is 0.356. The molecule has 3 heteroatoms. The molecule has 2 N–H and O–H groups in total. The van der Waals surface area contributed by atoms with Gasteiger partial charge in [-0.2, -0.15) is 0 Å². The highest BCUT2D eigenvalue weighted by Crippen LogP contribution is 2.06. The van der Waals surface area contributed by atoms with Crippen LogP contribution < -0.4 is 0 Å². The summed E-state index contributed by atoms with van der Waals surface area (Å²) in [6, 6.07) is 0. The number of rotatable bonds is 8. The van der Waals surface area contributed by atoms with Crippen LogP contribution in [0.15, 0.2) is 12.2 Å². The summed E-state index contributed by atoms with van der Waals surface area (Å²) in [4.78, 5) is 10.7. The first-order valence-electron chi connectivity index (χ1n) is 5.55. The van der Waals surface area contributed by atoms with Crippen molar-refractivity contribution in [2.24, 2.45) is 0 Å². The molecule has 0 aromatic carbocycles. The molecule has 0 rings (SSSR count). The van der Waals surface area contributed by atoms with Crippen LogP contribution in [0.1, 0.15) is 51.9 Å². The number of methoxy groups -OCH3 is 1. The lowest BCUT2D eigenvalue weighted by molar-refractivity contribution is -0.134. The lowest BCUT2D eigenvalue weighted by Gasteiger charge is -1.97. The van der Waals surface area contributed by atoms with Gasteiger partial charge in [0.15, 0.2) is 0 Å². The molecule has 0 unspecified atom stereocenters. The van der Waals surface area contributed by atoms with E-state index < -0.39 is 0 Å². The molecule has 0 bridgehead atoms. The number of hydrogen-bond donors (Lipinski definition) is 0. The minimum atomic E-state index is -0.254. The van der Waals surface area contributed by atoms with Gasteiger partial charge in [-0.05, 0) is 12.8 Å². The van der Waals surface area contributed by atoms with Gasteiger partial charge in [0.25, 0.3) is 0 Å². The van der Waals surface area contributed by atoms with Crippen LogP contribution >= 0.6 is 0 Å². The standard InChI is InChI=1S/C12H22O2.H2O/c1-3-4-5-6-7-8-9-10-11-12(13)14-2;/h10-11H,3-9H2,1-2H3;1H2. The van der Waals surface area contributed by atoms with Gasteiger partial charge in [0, 0.05) is 6.08 Å². The van der Waals surface area contributed by atoms with Crippen LogP contribution in [0.5, 0.6) is 0 Å². The van der Waals surface area contributed by atoms with Crippen molar-refractivity contribution in [2.45, 2.75) is 51.9 Å². The van der Waals surface area contributed by atoms with Gasteiger partial charge in [0.1, 0.15) is 0 Å². The van der Waals surface area contributed by atoms with Crippen LogP contribution in [-0.2, 0) is 9.53 Å². The van der Waals surface area contributed by atoms with E-state index in [0.717, 1.165) is 6.42 Å². The van der Waals surface area contributed by atoms with Crippen molar-refractivity contribution in [1.82, 2.24) is 0 Å². The first kappa shape index (κ1) is 16.6. The fourth-order valence-corrected chi connectivity index (χ4v) is 1.29. The molecule has 0 aromatic rings. The Morgan fingerprint density at radius 3 is 2.33 bits per heavy atom. The second-order valence-electron chi connectivity index (χ2n) is 3.48. The third kappa shape index (κ3) is 13.2. The smallest absolute Gasteiger partial charge is 0.330 e. The molecule has 0 aliphatic rings. The molecule has 0 saturated carbocycles. The van der Waals surface area contributed by atoms with Crippen molar-refractivity contribution in [3.05, 3.63) is 12.2 Å². The van der Waals surface area contributed by atoms with Gasteiger partial charge in [0.2, 0.25) is 0 Å². The Balaban J connectivity index is 0. The van der Waals surface area contributed by atoms with Crippen LogP contribution in [0, 0.1) is 0 Å². The summed E-state index contributed by atoms with van der Waals surface area (Å²) in [7, 11) is 1.40. The number of carbonyl (C=O) groups excluding carboxylic acids is 1. The molecule has 15 heavy (non-hydrogen) atoms.